The van der Waals surface area contributed by atoms with Crippen molar-refractivity contribution < 1.29 is 6.85 Å². The summed E-state index contributed by atoms with van der Waals surface area (Å²) in [5.74, 6) is 0. The third-order valence-corrected chi connectivity index (χ3v) is 3.17. The first-order valence-electron chi connectivity index (χ1n) is 8.34. The predicted molar refractivity (Wildman–Crippen MR) is 82.3 cm³/mol. The van der Waals surface area contributed by atoms with Gasteiger partial charge in [0.25, 0.3) is 0 Å². The largest absolute Gasteiger partial charge is 0.0837 e. The molecule has 0 aromatic heterocycles. The Morgan fingerprint density at radius 3 is 2.21 bits per heavy atom. The van der Waals surface area contributed by atoms with Gasteiger partial charge in [0.1, 0.15) is 0 Å². The molecule has 3 aromatic rings. The summed E-state index contributed by atoms with van der Waals surface area (Å²) in [6, 6.07) is 13.1. The lowest BCUT2D eigenvalue weighted by Gasteiger charge is -2.08. The van der Waals surface area contributed by atoms with E-state index in [4.69, 9.17) is 18.5 Å². The van der Waals surface area contributed by atoms with E-state index in [1.807, 2.05) is 30.3 Å². The van der Waals surface area contributed by atoms with E-state index in [0.29, 0.717) is 10.6 Å². The van der Waals surface area contributed by atoms with E-state index in [1.54, 1.807) is 18.2 Å². The average Bonchev–Trinajstić information content (AvgIpc) is 2.60. The minimum absolute atomic E-state index is 0.176. The van der Waals surface area contributed by atoms with Crippen molar-refractivity contribution in [1.82, 2.24) is 0 Å². The molecule has 0 aliphatic heterocycles. The van der Waals surface area contributed by atoms with E-state index in [1.165, 1.54) is 0 Å². The molecule has 0 saturated carbocycles. The molecule has 0 fully saturated rings. The number of hydrogen-bond acceptors (Lipinski definition) is 0. The van der Waals surface area contributed by atoms with E-state index >= 15 is 0 Å². The molecule has 0 bridgehead atoms. The zero-order valence-electron chi connectivity index (χ0n) is 15.0. The number of benzene rings is 3. The molecule has 0 heterocycles. The van der Waals surface area contributed by atoms with Crippen LogP contribution in [0.15, 0.2) is 78.7 Å². The Balaban J connectivity index is 2.26. The van der Waals surface area contributed by atoms with Crippen molar-refractivity contribution in [3.8, 4) is 22.3 Å². The zero-order chi connectivity index (χ0) is 17.4. The van der Waals surface area contributed by atoms with E-state index in [9.17, 15) is 0 Å². The lowest BCUT2D eigenvalue weighted by atomic mass is 9.99. The smallest absolute Gasteiger partial charge is 0.0629 e. The van der Waals surface area contributed by atoms with Crippen LogP contribution in [0.5, 0.6) is 0 Å². The van der Waals surface area contributed by atoms with Gasteiger partial charge in [0.2, 0.25) is 0 Å². The first-order chi connectivity index (χ1) is 11.4. The molecule has 0 N–H and O–H groups in total. The monoisotopic (exact) mass is 269 g/mol. The van der Waals surface area contributed by atoms with Crippen LogP contribution in [0, 0.1) is 0 Å². The van der Waals surface area contributed by atoms with Crippen LogP contribution in [0.2, 0.25) is 5.02 Å². The Morgan fingerprint density at radius 1 is 0.737 bits per heavy atom. The van der Waals surface area contributed by atoms with Crippen LogP contribution < -0.4 is 0 Å². The Kier molecular flexibility index (Phi) is 2.09. The van der Waals surface area contributed by atoms with Crippen molar-refractivity contribution in [3.05, 3.63) is 83.8 Å². The molecular formula is C18H13Cl. The van der Waals surface area contributed by atoms with Gasteiger partial charge < -0.3 is 0 Å². The van der Waals surface area contributed by atoms with E-state index in [0.717, 1.165) is 11.1 Å². The molecule has 19 heavy (non-hydrogen) atoms. The highest BCUT2D eigenvalue weighted by atomic mass is 35.5. The standard InChI is InChI=1S/C18H13Cl/c19-18-12-11-16(14-7-3-1-4-8-14)13-17(18)15-9-5-2-6-10-15/h1-13H/i1D,3D,4D,7D,8D. The lowest BCUT2D eigenvalue weighted by molar-refractivity contribution is 1.59. The van der Waals surface area contributed by atoms with Crippen LogP contribution in [0.3, 0.4) is 0 Å². The summed E-state index contributed by atoms with van der Waals surface area (Å²) in [5.41, 5.74) is 2.36. The highest BCUT2D eigenvalue weighted by molar-refractivity contribution is 6.33. The Bertz CT molecular complexity index is 893. The summed E-state index contributed by atoms with van der Waals surface area (Å²) < 4.78 is 39.5. The first kappa shape index (κ1) is 7.52. The maximum atomic E-state index is 8.10. The Morgan fingerprint density at radius 2 is 1.47 bits per heavy atom. The van der Waals surface area contributed by atoms with Crippen molar-refractivity contribution in [3.63, 3.8) is 0 Å². The SMILES string of the molecule is [2H]c1c([2H])c([2H])c(-c2ccc(Cl)c(-c3ccccc3)c2)c([2H])c1[2H]. The zero-order valence-corrected chi connectivity index (χ0v) is 10.8. The predicted octanol–water partition coefficient (Wildman–Crippen LogP) is 5.67. The summed E-state index contributed by atoms with van der Waals surface area (Å²) in [4.78, 5) is 0. The van der Waals surface area contributed by atoms with Gasteiger partial charge in [-0.2, -0.15) is 0 Å². The molecule has 3 rings (SSSR count). The number of hydrogen-bond donors (Lipinski definition) is 0. The highest BCUT2D eigenvalue weighted by Gasteiger charge is 2.05. The maximum Gasteiger partial charge on any atom is 0.0629 e. The second-order valence-corrected chi connectivity index (χ2v) is 4.47. The second kappa shape index (κ2) is 5.29. The van der Waals surface area contributed by atoms with Gasteiger partial charge in [0.15, 0.2) is 0 Å². The molecule has 0 saturated heterocycles. The molecule has 0 aliphatic carbocycles. The third kappa shape index (κ3) is 2.54. The fourth-order valence-electron chi connectivity index (χ4n) is 1.91. The average molecular weight is 270 g/mol. The highest BCUT2D eigenvalue weighted by Crippen LogP contribution is 2.32. The van der Waals surface area contributed by atoms with Crippen molar-refractivity contribution >= 4 is 11.6 Å². The van der Waals surface area contributed by atoms with E-state index < -0.39 is 6.04 Å². The fourth-order valence-corrected chi connectivity index (χ4v) is 2.14. The van der Waals surface area contributed by atoms with Crippen LogP contribution in [-0.4, -0.2) is 0 Å². The maximum absolute atomic E-state index is 8.10. The van der Waals surface area contributed by atoms with E-state index in [-0.39, 0.29) is 29.7 Å². The first-order valence-corrected chi connectivity index (χ1v) is 6.22. The van der Waals surface area contributed by atoms with Crippen molar-refractivity contribution in [2.24, 2.45) is 0 Å². The van der Waals surface area contributed by atoms with Crippen molar-refractivity contribution in [2.75, 3.05) is 0 Å². The third-order valence-electron chi connectivity index (χ3n) is 2.84. The topological polar surface area (TPSA) is 0 Å². The van der Waals surface area contributed by atoms with Crippen LogP contribution >= 0.6 is 11.6 Å². The van der Waals surface area contributed by atoms with Gasteiger partial charge in [-0.1, -0.05) is 78.2 Å². The fraction of sp³-hybridized carbons (Fsp3) is 0. The second-order valence-electron chi connectivity index (χ2n) is 4.06. The van der Waals surface area contributed by atoms with Gasteiger partial charge in [0.05, 0.1) is 6.85 Å². The molecule has 0 nitrogen and oxygen atoms in total. The summed E-state index contributed by atoms with van der Waals surface area (Å²) in [7, 11) is 0. The van der Waals surface area contributed by atoms with Gasteiger partial charge >= 0.3 is 0 Å². The van der Waals surface area contributed by atoms with Gasteiger partial charge in [-0.3, -0.25) is 0 Å². The van der Waals surface area contributed by atoms with Gasteiger partial charge in [-0.25, -0.2) is 0 Å². The summed E-state index contributed by atoms with van der Waals surface area (Å²) in [6.07, 6.45) is 0. The minimum Gasteiger partial charge on any atom is -0.0837 e. The van der Waals surface area contributed by atoms with Crippen LogP contribution in [0.25, 0.3) is 22.3 Å². The minimum atomic E-state index is -0.397. The normalized spacial score (nSPS) is 14.1. The number of rotatable bonds is 2. The Hall–Kier alpha value is -2.05. The quantitative estimate of drug-likeness (QED) is 0.562. The molecule has 0 spiro atoms. The van der Waals surface area contributed by atoms with Crippen molar-refractivity contribution in [2.45, 2.75) is 0 Å². The summed E-state index contributed by atoms with van der Waals surface area (Å²) in [6.45, 7) is 0. The molecule has 0 radical (unpaired) electrons. The van der Waals surface area contributed by atoms with E-state index in [2.05, 4.69) is 0 Å². The Labute approximate surface area is 125 Å². The van der Waals surface area contributed by atoms with Crippen molar-refractivity contribution in [1.29, 1.82) is 0 Å². The molecule has 3 aromatic carbocycles. The molecule has 92 valence electrons. The molecule has 0 amide bonds. The van der Waals surface area contributed by atoms with Gasteiger partial charge in [-0.05, 0) is 28.8 Å². The van der Waals surface area contributed by atoms with Crippen LogP contribution in [0.1, 0.15) is 6.85 Å². The summed E-state index contributed by atoms with van der Waals surface area (Å²) >= 11 is 6.29. The van der Waals surface area contributed by atoms with Crippen LogP contribution in [-0.2, 0) is 0 Å². The van der Waals surface area contributed by atoms with Gasteiger partial charge in [-0.15, -0.1) is 0 Å². The molecular weight excluding hydrogens is 252 g/mol. The van der Waals surface area contributed by atoms with Crippen LogP contribution in [0.4, 0.5) is 0 Å². The summed E-state index contributed by atoms with van der Waals surface area (Å²) in [5, 5.41) is 0.539. The molecule has 0 atom stereocenters. The lowest BCUT2D eigenvalue weighted by Crippen LogP contribution is -1.82. The number of halogens is 1. The molecule has 0 aliphatic rings. The van der Waals surface area contributed by atoms with Gasteiger partial charge in [0, 0.05) is 10.6 Å². The molecule has 0 unspecified atom stereocenters. The molecule has 1 heteroatoms.